The molecule has 0 fully saturated rings. The van der Waals surface area contributed by atoms with E-state index in [2.05, 4.69) is 24.8 Å². The van der Waals surface area contributed by atoms with Crippen molar-refractivity contribution in [1.82, 2.24) is 0 Å². The molecule has 140 valence electrons. The molecule has 0 aliphatic rings. The third-order valence-corrected chi connectivity index (χ3v) is 3.82. The Morgan fingerprint density at radius 3 is 1.64 bits per heavy atom. The van der Waals surface area contributed by atoms with Gasteiger partial charge in [0, 0.05) is 18.8 Å². The van der Waals surface area contributed by atoms with E-state index < -0.39 is 5.82 Å². The molecular weight excluding hydrogens is 353 g/mol. The fraction of sp³-hybridized carbons (Fsp3) is 0.273. The van der Waals surface area contributed by atoms with Crippen LogP contribution in [0.3, 0.4) is 0 Å². The van der Waals surface area contributed by atoms with Gasteiger partial charge in [-0.1, -0.05) is 13.8 Å². The summed E-state index contributed by atoms with van der Waals surface area (Å²) in [5.74, 6) is -0.499. The van der Waals surface area contributed by atoms with Crippen LogP contribution in [0.1, 0.15) is 48.9 Å². The van der Waals surface area contributed by atoms with E-state index in [0.29, 0.717) is 11.1 Å². The molecule has 0 saturated heterocycles. The maximum Gasteiger partial charge on any atom is 0.124 e. The highest BCUT2D eigenvalue weighted by Gasteiger charge is 2.08. The summed E-state index contributed by atoms with van der Waals surface area (Å²) in [5, 5.41) is 34.7. The van der Waals surface area contributed by atoms with Gasteiger partial charge >= 0.3 is 0 Å². The van der Waals surface area contributed by atoms with Gasteiger partial charge in [-0.2, -0.15) is 21.0 Å². The van der Waals surface area contributed by atoms with Gasteiger partial charge in [0.2, 0.25) is 0 Å². The number of nitriles is 4. The van der Waals surface area contributed by atoms with E-state index in [-0.39, 0.29) is 11.1 Å². The number of halogens is 1. The van der Waals surface area contributed by atoms with Crippen LogP contribution in [0.15, 0.2) is 36.4 Å². The summed E-state index contributed by atoms with van der Waals surface area (Å²) in [6.07, 6.45) is 2.14. The number of anilines is 1. The van der Waals surface area contributed by atoms with Crippen molar-refractivity contribution in [3.8, 4) is 24.3 Å². The van der Waals surface area contributed by atoms with Crippen molar-refractivity contribution in [3.63, 3.8) is 0 Å². The average Bonchev–Trinajstić information content (AvgIpc) is 2.73. The zero-order chi connectivity index (χ0) is 20.9. The standard InChI is InChI=1S/C14H17N3.C8H3FN2/c1-3-7-17(8-4-2)14-6-5-12(10-15)13(9-14)11-16;9-8-2-1-6(4-10)7(3-8)5-11/h5-6,9H,3-4,7-8H2,1-2H3;1-3H. The van der Waals surface area contributed by atoms with Crippen molar-refractivity contribution in [1.29, 1.82) is 21.0 Å². The van der Waals surface area contributed by atoms with Crippen molar-refractivity contribution in [3.05, 3.63) is 64.5 Å². The van der Waals surface area contributed by atoms with Crippen LogP contribution in [-0.2, 0) is 0 Å². The van der Waals surface area contributed by atoms with E-state index >= 15 is 0 Å². The first-order valence-electron chi connectivity index (χ1n) is 8.83. The molecule has 0 aromatic heterocycles. The highest BCUT2D eigenvalue weighted by Crippen LogP contribution is 2.19. The molecule has 2 aromatic rings. The van der Waals surface area contributed by atoms with Gasteiger partial charge in [0.25, 0.3) is 0 Å². The SMILES string of the molecule is CCCN(CCC)c1ccc(C#N)c(C#N)c1.N#Cc1ccc(F)cc1C#N. The lowest BCUT2D eigenvalue weighted by atomic mass is 10.1. The molecular formula is C22H20FN5. The molecule has 0 saturated carbocycles. The second kappa shape index (κ2) is 11.7. The molecule has 0 N–H and O–H groups in total. The minimum absolute atomic E-state index is 0.0764. The molecule has 0 atom stereocenters. The van der Waals surface area contributed by atoms with Crippen LogP contribution in [-0.4, -0.2) is 13.1 Å². The molecule has 5 nitrogen and oxygen atoms in total. The first-order chi connectivity index (χ1) is 13.5. The summed E-state index contributed by atoms with van der Waals surface area (Å²) in [7, 11) is 0. The van der Waals surface area contributed by atoms with E-state index in [1.165, 1.54) is 6.07 Å². The first kappa shape index (κ1) is 22.2. The summed E-state index contributed by atoms with van der Waals surface area (Å²) >= 11 is 0. The Morgan fingerprint density at radius 2 is 1.18 bits per heavy atom. The molecule has 2 aromatic carbocycles. The van der Waals surface area contributed by atoms with Gasteiger partial charge in [0.05, 0.1) is 22.3 Å². The van der Waals surface area contributed by atoms with E-state index in [9.17, 15) is 4.39 Å². The van der Waals surface area contributed by atoms with Crippen molar-refractivity contribution in [2.75, 3.05) is 18.0 Å². The Kier molecular flexibility index (Phi) is 9.26. The summed E-state index contributed by atoms with van der Waals surface area (Å²) < 4.78 is 12.4. The van der Waals surface area contributed by atoms with Crippen molar-refractivity contribution in [2.45, 2.75) is 26.7 Å². The third-order valence-electron chi connectivity index (χ3n) is 3.82. The van der Waals surface area contributed by atoms with Gasteiger partial charge in [-0.05, 0) is 49.2 Å². The van der Waals surface area contributed by atoms with Crippen LogP contribution >= 0.6 is 0 Å². The lowest BCUT2D eigenvalue weighted by Crippen LogP contribution is -2.24. The zero-order valence-electron chi connectivity index (χ0n) is 15.9. The van der Waals surface area contributed by atoms with Crippen LogP contribution in [0.25, 0.3) is 0 Å². The molecule has 0 aliphatic carbocycles. The quantitative estimate of drug-likeness (QED) is 0.761. The third kappa shape index (κ3) is 6.14. The van der Waals surface area contributed by atoms with Crippen molar-refractivity contribution >= 4 is 5.69 Å². The zero-order valence-corrected chi connectivity index (χ0v) is 15.9. The van der Waals surface area contributed by atoms with E-state index in [4.69, 9.17) is 21.0 Å². The van der Waals surface area contributed by atoms with Crippen molar-refractivity contribution in [2.24, 2.45) is 0 Å². The fourth-order valence-electron chi connectivity index (χ4n) is 2.54. The molecule has 6 heteroatoms. The van der Waals surface area contributed by atoms with E-state index in [1.54, 1.807) is 18.2 Å². The molecule has 0 unspecified atom stereocenters. The number of hydrogen-bond donors (Lipinski definition) is 0. The van der Waals surface area contributed by atoms with Gasteiger partial charge < -0.3 is 4.90 Å². The minimum atomic E-state index is -0.499. The molecule has 28 heavy (non-hydrogen) atoms. The fourth-order valence-corrected chi connectivity index (χ4v) is 2.54. The highest BCUT2D eigenvalue weighted by atomic mass is 19.1. The lowest BCUT2D eigenvalue weighted by Gasteiger charge is -2.24. The van der Waals surface area contributed by atoms with E-state index in [0.717, 1.165) is 43.8 Å². The smallest absolute Gasteiger partial charge is 0.124 e. The molecule has 0 heterocycles. The van der Waals surface area contributed by atoms with Crippen LogP contribution in [0.4, 0.5) is 10.1 Å². The monoisotopic (exact) mass is 373 g/mol. The Labute approximate surface area is 165 Å². The van der Waals surface area contributed by atoms with Crippen LogP contribution < -0.4 is 4.90 Å². The second-order valence-corrected chi connectivity index (χ2v) is 5.85. The maximum absolute atomic E-state index is 12.4. The van der Waals surface area contributed by atoms with Crippen LogP contribution in [0, 0.1) is 51.1 Å². The van der Waals surface area contributed by atoms with Gasteiger partial charge in [-0.25, -0.2) is 4.39 Å². The molecule has 0 radical (unpaired) electrons. The summed E-state index contributed by atoms with van der Waals surface area (Å²) in [6, 6.07) is 16.6. The van der Waals surface area contributed by atoms with E-state index in [1.807, 2.05) is 18.2 Å². The molecule has 0 bridgehead atoms. The number of rotatable bonds is 5. The highest BCUT2D eigenvalue weighted by molar-refractivity contribution is 5.57. The number of hydrogen-bond acceptors (Lipinski definition) is 5. The van der Waals surface area contributed by atoms with Gasteiger partial charge in [-0.3, -0.25) is 0 Å². The van der Waals surface area contributed by atoms with Gasteiger partial charge in [-0.15, -0.1) is 0 Å². The Hall–Kier alpha value is -3.87. The Morgan fingerprint density at radius 1 is 0.714 bits per heavy atom. The largest absolute Gasteiger partial charge is 0.372 e. The van der Waals surface area contributed by atoms with Gasteiger partial charge in [0.1, 0.15) is 30.1 Å². The predicted octanol–water partition coefficient (Wildman–Crippen LogP) is 4.63. The first-order valence-corrected chi connectivity index (χ1v) is 8.83. The molecule has 0 amide bonds. The molecule has 2 rings (SSSR count). The molecule has 0 aliphatic heterocycles. The Bertz CT molecular complexity index is 964. The topological polar surface area (TPSA) is 98.4 Å². The number of benzene rings is 2. The summed E-state index contributed by atoms with van der Waals surface area (Å²) in [4.78, 5) is 2.25. The predicted molar refractivity (Wildman–Crippen MR) is 104 cm³/mol. The summed E-state index contributed by atoms with van der Waals surface area (Å²) in [5.41, 5.74) is 2.22. The minimum Gasteiger partial charge on any atom is -0.372 e. The second-order valence-electron chi connectivity index (χ2n) is 5.85. The summed E-state index contributed by atoms with van der Waals surface area (Å²) in [6.45, 7) is 6.23. The normalized spacial score (nSPS) is 8.96. The van der Waals surface area contributed by atoms with Gasteiger partial charge in [0.15, 0.2) is 0 Å². The molecule has 0 spiro atoms. The maximum atomic E-state index is 12.4. The average molecular weight is 373 g/mol. The lowest BCUT2D eigenvalue weighted by molar-refractivity contribution is 0.627. The van der Waals surface area contributed by atoms with Crippen molar-refractivity contribution < 1.29 is 4.39 Å². The Balaban J connectivity index is 0.000000307. The number of nitrogens with zero attached hydrogens (tertiary/aromatic N) is 5. The van der Waals surface area contributed by atoms with Crippen LogP contribution in [0.2, 0.25) is 0 Å². The van der Waals surface area contributed by atoms with Crippen LogP contribution in [0.5, 0.6) is 0 Å².